The maximum absolute atomic E-state index is 5.52. The number of nitrogens with zero attached hydrogens (tertiary/aromatic N) is 2. The molecule has 1 atom stereocenters. The summed E-state index contributed by atoms with van der Waals surface area (Å²) in [7, 11) is 0. The smallest absolute Gasteiger partial charge is 0.144 e. The first-order valence-electron chi connectivity index (χ1n) is 6.50. The highest BCUT2D eigenvalue weighted by Gasteiger charge is 2.25. The van der Waals surface area contributed by atoms with Crippen molar-refractivity contribution in [2.75, 3.05) is 12.0 Å². The quantitative estimate of drug-likeness (QED) is 0.667. The Labute approximate surface area is 117 Å². The molecule has 0 amide bonds. The van der Waals surface area contributed by atoms with Crippen molar-refractivity contribution >= 4 is 17.2 Å². The van der Waals surface area contributed by atoms with Crippen LogP contribution in [0.15, 0.2) is 29.8 Å². The molecule has 100 valence electrons. The Bertz CT molecular complexity index is 566. The van der Waals surface area contributed by atoms with E-state index in [0.29, 0.717) is 6.04 Å². The molecule has 0 aromatic carbocycles. The molecular weight excluding hydrogens is 256 g/mol. The fraction of sp³-hybridized carbons (Fsp3) is 0.357. The van der Waals surface area contributed by atoms with Crippen LogP contribution in [0, 0.1) is 0 Å². The normalized spacial score (nSPS) is 19.2. The molecule has 2 aromatic heterocycles. The molecule has 5 heteroatoms. The molecule has 3 N–H and O–H groups in total. The third-order valence-electron chi connectivity index (χ3n) is 3.81. The minimum absolute atomic E-state index is 0.459. The zero-order valence-corrected chi connectivity index (χ0v) is 11.8. The van der Waals surface area contributed by atoms with E-state index in [2.05, 4.69) is 39.7 Å². The lowest BCUT2D eigenvalue weighted by atomic mass is 10.0. The van der Waals surface area contributed by atoms with Crippen LogP contribution >= 0.6 is 11.3 Å². The van der Waals surface area contributed by atoms with Crippen molar-refractivity contribution in [3.63, 3.8) is 0 Å². The van der Waals surface area contributed by atoms with E-state index in [9.17, 15) is 0 Å². The molecule has 3 heterocycles. The molecule has 1 aliphatic rings. The number of anilines is 1. The summed E-state index contributed by atoms with van der Waals surface area (Å²) in [4.78, 5) is 8.27. The molecule has 3 rings (SSSR count). The van der Waals surface area contributed by atoms with Crippen LogP contribution in [0.25, 0.3) is 0 Å². The van der Waals surface area contributed by atoms with E-state index < -0.39 is 0 Å². The second-order valence-corrected chi connectivity index (χ2v) is 5.85. The van der Waals surface area contributed by atoms with Crippen LogP contribution in [0.2, 0.25) is 0 Å². The van der Waals surface area contributed by atoms with Gasteiger partial charge in [-0.3, -0.25) is 4.90 Å². The van der Waals surface area contributed by atoms with Crippen molar-refractivity contribution in [2.45, 2.75) is 25.9 Å². The van der Waals surface area contributed by atoms with E-state index in [-0.39, 0.29) is 0 Å². The zero-order valence-electron chi connectivity index (χ0n) is 11.0. The molecule has 0 aliphatic carbocycles. The van der Waals surface area contributed by atoms with Gasteiger partial charge in [0, 0.05) is 35.8 Å². The summed E-state index contributed by atoms with van der Waals surface area (Å²) in [6.45, 7) is 4.24. The van der Waals surface area contributed by atoms with E-state index in [1.54, 1.807) is 6.20 Å². The number of hydrogen-bond acceptors (Lipinski definition) is 5. The lowest BCUT2D eigenvalue weighted by Gasteiger charge is -2.33. The third kappa shape index (κ3) is 2.36. The van der Waals surface area contributed by atoms with Crippen LogP contribution in [-0.2, 0) is 13.0 Å². The lowest BCUT2D eigenvalue weighted by molar-refractivity contribution is 0.191. The summed E-state index contributed by atoms with van der Waals surface area (Å²) in [5.74, 6) is 6.29. The second kappa shape index (κ2) is 5.28. The average Bonchev–Trinajstić information content (AvgIpc) is 2.92. The third-order valence-corrected chi connectivity index (χ3v) is 4.80. The number of nitrogen functional groups attached to an aromatic ring is 1. The summed E-state index contributed by atoms with van der Waals surface area (Å²) < 4.78 is 0. The van der Waals surface area contributed by atoms with Gasteiger partial charge >= 0.3 is 0 Å². The van der Waals surface area contributed by atoms with Crippen molar-refractivity contribution in [1.82, 2.24) is 9.88 Å². The Morgan fingerprint density at radius 1 is 1.53 bits per heavy atom. The minimum atomic E-state index is 0.459. The Morgan fingerprint density at radius 3 is 3.26 bits per heavy atom. The summed E-state index contributed by atoms with van der Waals surface area (Å²) in [5.41, 5.74) is 5.30. The fourth-order valence-corrected chi connectivity index (χ4v) is 3.66. The number of fused-ring (bicyclic) bond motifs is 1. The van der Waals surface area contributed by atoms with Gasteiger partial charge in [-0.05, 0) is 36.4 Å². The summed E-state index contributed by atoms with van der Waals surface area (Å²) in [6, 6.07) is 6.75. The number of hydrazine groups is 1. The van der Waals surface area contributed by atoms with E-state index in [0.717, 1.165) is 30.9 Å². The van der Waals surface area contributed by atoms with Crippen LogP contribution < -0.4 is 11.3 Å². The summed E-state index contributed by atoms with van der Waals surface area (Å²) >= 11 is 1.87. The SMILES string of the molecule is CC1c2ccsc2CCN1Cc1cccnc1NN. The molecule has 0 spiro atoms. The van der Waals surface area contributed by atoms with Crippen LogP contribution in [0.1, 0.15) is 29.0 Å². The first-order valence-corrected chi connectivity index (χ1v) is 7.38. The minimum Gasteiger partial charge on any atom is -0.308 e. The molecule has 4 nitrogen and oxygen atoms in total. The second-order valence-electron chi connectivity index (χ2n) is 4.85. The molecule has 1 aliphatic heterocycles. The molecule has 0 saturated heterocycles. The van der Waals surface area contributed by atoms with Gasteiger partial charge in [-0.1, -0.05) is 6.07 Å². The average molecular weight is 274 g/mol. The van der Waals surface area contributed by atoms with Gasteiger partial charge in [0.2, 0.25) is 0 Å². The van der Waals surface area contributed by atoms with Crippen molar-refractivity contribution in [2.24, 2.45) is 5.84 Å². The van der Waals surface area contributed by atoms with Crippen molar-refractivity contribution in [1.29, 1.82) is 0 Å². The number of aromatic nitrogens is 1. The number of thiophene rings is 1. The predicted molar refractivity (Wildman–Crippen MR) is 78.9 cm³/mol. The van der Waals surface area contributed by atoms with Crippen molar-refractivity contribution < 1.29 is 0 Å². The Hall–Kier alpha value is -1.43. The number of pyridine rings is 1. The molecular formula is C14H18N4S. The largest absolute Gasteiger partial charge is 0.308 e. The van der Waals surface area contributed by atoms with Crippen LogP contribution in [0.3, 0.4) is 0 Å². The van der Waals surface area contributed by atoms with Crippen molar-refractivity contribution in [3.05, 3.63) is 45.8 Å². The molecule has 19 heavy (non-hydrogen) atoms. The van der Waals surface area contributed by atoms with Gasteiger partial charge in [-0.25, -0.2) is 10.8 Å². The monoisotopic (exact) mass is 274 g/mol. The lowest BCUT2D eigenvalue weighted by Crippen LogP contribution is -2.33. The fourth-order valence-electron chi connectivity index (χ4n) is 2.69. The topological polar surface area (TPSA) is 54.2 Å². The molecule has 0 fully saturated rings. The highest BCUT2D eigenvalue weighted by atomic mass is 32.1. The standard InChI is InChI=1S/C14H18N4S/c1-10-12-5-8-19-13(12)4-7-18(10)9-11-3-2-6-16-14(11)17-15/h2-3,5-6,8,10H,4,7,9,15H2,1H3,(H,16,17). The van der Waals surface area contributed by atoms with E-state index >= 15 is 0 Å². The van der Waals surface area contributed by atoms with Gasteiger partial charge < -0.3 is 5.43 Å². The maximum atomic E-state index is 5.52. The van der Waals surface area contributed by atoms with E-state index in [1.807, 2.05) is 17.4 Å². The van der Waals surface area contributed by atoms with Crippen LogP contribution in [0.4, 0.5) is 5.82 Å². The number of nitrogens with one attached hydrogen (secondary N) is 1. The van der Waals surface area contributed by atoms with Gasteiger partial charge in [0.25, 0.3) is 0 Å². The Kier molecular flexibility index (Phi) is 3.50. The van der Waals surface area contributed by atoms with Gasteiger partial charge in [-0.15, -0.1) is 11.3 Å². The molecule has 2 aromatic rings. The molecule has 1 unspecified atom stereocenters. The van der Waals surface area contributed by atoms with E-state index in [4.69, 9.17) is 5.84 Å². The maximum Gasteiger partial charge on any atom is 0.144 e. The molecule has 0 saturated carbocycles. The number of hydrogen-bond donors (Lipinski definition) is 2. The van der Waals surface area contributed by atoms with Crippen LogP contribution in [0.5, 0.6) is 0 Å². The van der Waals surface area contributed by atoms with Crippen LogP contribution in [-0.4, -0.2) is 16.4 Å². The van der Waals surface area contributed by atoms with Gasteiger partial charge in [-0.2, -0.15) is 0 Å². The van der Waals surface area contributed by atoms with E-state index in [1.165, 1.54) is 10.4 Å². The molecule has 0 bridgehead atoms. The van der Waals surface area contributed by atoms with Gasteiger partial charge in [0.15, 0.2) is 0 Å². The first kappa shape index (κ1) is 12.6. The first-order chi connectivity index (χ1) is 9.29. The predicted octanol–water partition coefficient (Wildman–Crippen LogP) is 2.55. The van der Waals surface area contributed by atoms with Gasteiger partial charge in [0.1, 0.15) is 5.82 Å². The highest BCUT2D eigenvalue weighted by Crippen LogP contribution is 2.34. The zero-order chi connectivity index (χ0) is 13.2. The summed E-state index contributed by atoms with van der Waals surface area (Å²) in [6.07, 6.45) is 2.90. The number of nitrogens with two attached hydrogens (primary N) is 1. The highest BCUT2D eigenvalue weighted by molar-refractivity contribution is 7.10. The van der Waals surface area contributed by atoms with Crippen molar-refractivity contribution in [3.8, 4) is 0 Å². The van der Waals surface area contributed by atoms with Gasteiger partial charge in [0.05, 0.1) is 0 Å². The Balaban J connectivity index is 1.81. The summed E-state index contributed by atoms with van der Waals surface area (Å²) in [5, 5.41) is 2.20. The number of rotatable bonds is 3. The Morgan fingerprint density at radius 2 is 2.42 bits per heavy atom. The molecule has 0 radical (unpaired) electrons.